The number of hydrogen-bond acceptors (Lipinski definition) is 4. The smallest absolute Gasteiger partial charge is 0.274 e. The number of anilines is 1. The normalized spacial score (nSPS) is 11.2. The molecule has 1 aromatic carbocycles. The summed E-state index contributed by atoms with van der Waals surface area (Å²) in [7, 11) is -3.32. The molecule has 1 heterocycles. The molecule has 0 aliphatic heterocycles. The number of hydrogen-bond donors (Lipinski definition) is 1. The maximum atomic E-state index is 12.1. The number of nitrogens with zero attached hydrogens (tertiary/aromatic N) is 1. The zero-order valence-electron chi connectivity index (χ0n) is 11.4. The number of carbonyl (C=O) groups is 1. The summed E-state index contributed by atoms with van der Waals surface area (Å²) < 4.78 is 23.7. The van der Waals surface area contributed by atoms with Crippen LogP contribution < -0.4 is 5.32 Å². The number of benzene rings is 1. The second-order valence-electron chi connectivity index (χ2n) is 4.55. The van der Waals surface area contributed by atoms with Crippen molar-refractivity contribution >= 4 is 37.4 Å². The van der Waals surface area contributed by atoms with Crippen molar-refractivity contribution in [3.63, 3.8) is 0 Å². The Bertz CT molecular complexity index is 804. The Hall–Kier alpha value is -1.73. The average Bonchev–Trinajstić information content (AvgIpc) is 2.40. The fraction of sp³-hybridized carbons (Fsp3) is 0.143. The number of aromatic nitrogens is 1. The Labute approximate surface area is 131 Å². The van der Waals surface area contributed by atoms with E-state index in [9.17, 15) is 13.2 Å². The van der Waals surface area contributed by atoms with E-state index in [0.29, 0.717) is 10.3 Å². The van der Waals surface area contributed by atoms with Gasteiger partial charge in [-0.25, -0.2) is 13.4 Å². The van der Waals surface area contributed by atoms with E-state index in [-0.39, 0.29) is 10.6 Å². The van der Waals surface area contributed by atoms with E-state index in [1.165, 1.54) is 12.1 Å². The summed E-state index contributed by atoms with van der Waals surface area (Å²) in [5, 5.41) is 2.68. The lowest BCUT2D eigenvalue weighted by atomic mass is 10.2. The standard InChI is InChI=1S/C14H13BrN2O3S/c1-9-6-7-10(21(2,19)20)8-12(9)17-14(18)11-4-3-5-13(15)16-11/h3-8H,1-2H3,(H,17,18). The summed E-state index contributed by atoms with van der Waals surface area (Å²) in [5.41, 5.74) is 1.46. The van der Waals surface area contributed by atoms with Gasteiger partial charge in [0, 0.05) is 11.9 Å². The maximum absolute atomic E-state index is 12.1. The predicted octanol–water partition coefficient (Wildman–Crippen LogP) is 2.81. The van der Waals surface area contributed by atoms with E-state index in [1.807, 2.05) is 0 Å². The van der Waals surface area contributed by atoms with Crippen molar-refractivity contribution in [2.75, 3.05) is 11.6 Å². The van der Waals surface area contributed by atoms with Crippen LogP contribution in [0.3, 0.4) is 0 Å². The number of carbonyl (C=O) groups excluding carboxylic acids is 1. The predicted molar refractivity (Wildman–Crippen MR) is 84.2 cm³/mol. The van der Waals surface area contributed by atoms with Crippen molar-refractivity contribution in [3.8, 4) is 0 Å². The van der Waals surface area contributed by atoms with Crippen molar-refractivity contribution in [2.45, 2.75) is 11.8 Å². The van der Waals surface area contributed by atoms with E-state index >= 15 is 0 Å². The van der Waals surface area contributed by atoms with Gasteiger partial charge in [0.15, 0.2) is 9.84 Å². The molecule has 2 rings (SSSR count). The van der Waals surface area contributed by atoms with Gasteiger partial charge in [0.2, 0.25) is 0 Å². The lowest BCUT2D eigenvalue weighted by Gasteiger charge is -2.10. The molecule has 0 spiro atoms. The molecule has 7 heteroatoms. The van der Waals surface area contributed by atoms with Gasteiger partial charge in [0.1, 0.15) is 10.3 Å². The topological polar surface area (TPSA) is 76.1 Å². The second kappa shape index (κ2) is 5.95. The van der Waals surface area contributed by atoms with Gasteiger partial charge in [-0.3, -0.25) is 4.79 Å². The summed E-state index contributed by atoms with van der Waals surface area (Å²) in [6.45, 7) is 1.79. The van der Waals surface area contributed by atoms with Crippen molar-refractivity contribution in [2.24, 2.45) is 0 Å². The summed E-state index contributed by atoms with van der Waals surface area (Å²) in [6.07, 6.45) is 1.12. The first-order valence-electron chi connectivity index (χ1n) is 6.02. The number of nitrogens with one attached hydrogen (secondary N) is 1. The third-order valence-electron chi connectivity index (χ3n) is 2.83. The molecule has 0 bridgehead atoms. The van der Waals surface area contributed by atoms with Gasteiger partial charge in [0.25, 0.3) is 5.91 Å². The Morgan fingerprint density at radius 3 is 2.57 bits per heavy atom. The highest BCUT2D eigenvalue weighted by Gasteiger charge is 2.13. The molecule has 0 saturated carbocycles. The van der Waals surface area contributed by atoms with Crippen LogP contribution in [0.1, 0.15) is 16.1 Å². The zero-order valence-corrected chi connectivity index (χ0v) is 13.8. The summed E-state index contributed by atoms with van der Waals surface area (Å²) in [5.74, 6) is -0.398. The Kier molecular flexibility index (Phi) is 4.43. The van der Waals surface area contributed by atoms with E-state index in [1.54, 1.807) is 31.2 Å². The molecule has 0 fully saturated rings. The van der Waals surface area contributed by atoms with Crippen LogP contribution in [-0.2, 0) is 9.84 Å². The third-order valence-corrected chi connectivity index (χ3v) is 4.39. The number of rotatable bonds is 3. The summed E-state index contributed by atoms with van der Waals surface area (Å²) in [6, 6.07) is 9.60. The maximum Gasteiger partial charge on any atom is 0.274 e. The zero-order chi connectivity index (χ0) is 15.6. The minimum absolute atomic E-state index is 0.158. The van der Waals surface area contributed by atoms with E-state index in [2.05, 4.69) is 26.2 Å². The molecule has 1 aromatic heterocycles. The number of aryl methyl sites for hydroxylation is 1. The number of halogens is 1. The van der Waals surface area contributed by atoms with Crippen LogP contribution in [0, 0.1) is 6.92 Å². The highest BCUT2D eigenvalue weighted by atomic mass is 79.9. The molecule has 0 radical (unpaired) electrons. The first-order valence-corrected chi connectivity index (χ1v) is 8.70. The van der Waals surface area contributed by atoms with Crippen LogP contribution >= 0.6 is 15.9 Å². The van der Waals surface area contributed by atoms with E-state index in [0.717, 1.165) is 11.8 Å². The van der Waals surface area contributed by atoms with Crippen molar-refractivity contribution in [3.05, 3.63) is 52.3 Å². The highest BCUT2D eigenvalue weighted by molar-refractivity contribution is 9.10. The van der Waals surface area contributed by atoms with Crippen LogP contribution in [0.15, 0.2) is 45.9 Å². The SMILES string of the molecule is Cc1ccc(S(C)(=O)=O)cc1NC(=O)c1cccc(Br)n1. The van der Waals surface area contributed by atoms with Gasteiger partial charge in [-0.2, -0.15) is 0 Å². The molecular weight excluding hydrogens is 356 g/mol. The molecule has 1 N–H and O–H groups in total. The Morgan fingerprint density at radius 1 is 1.24 bits per heavy atom. The van der Waals surface area contributed by atoms with E-state index < -0.39 is 15.7 Å². The highest BCUT2D eigenvalue weighted by Crippen LogP contribution is 2.21. The van der Waals surface area contributed by atoms with Gasteiger partial charge in [-0.15, -0.1) is 0 Å². The molecule has 0 unspecified atom stereocenters. The quantitative estimate of drug-likeness (QED) is 0.845. The Morgan fingerprint density at radius 2 is 1.95 bits per heavy atom. The third kappa shape index (κ3) is 3.89. The van der Waals surface area contributed by atoms with Gasteiger partial charge < -0.3 is 5.32 Å². The minimum atomic E-state index is -3.32. The van der Waals surface area contributed by atoms with Crippen molar-refractivity contribution in [1.82, 2.24) is 4.98 Å². The monoisotopic (exact) mass is 368 g/mol. The first-order chi connectivity index (χ1) is 9.77. The molecule has 0 aliphatic rings. The molecule has 0 aliphatic carbocycles. The lowest BCUT2D eigenvalue weighted by Crippen LogP contribution is -2.15. The summed E-state index contributed by atoms with van der Waals surface area (Å²) in [4.78, 5) is 16.4. The molecule has 0 atom stereocenters. The lowest BCUT2D eigenvalue weighted by molar-refractivity contribution is 0.102. The largest absolute Gasteiger partial charge is 0.320 e. The molecule has 110 valence electrons. The van der Waals surface area contributed by atoms with Crippen molar-refractivity contribution < 1.29 is 13.2 Å². The molecule has 0 saturated heterocycles. The molecule has 5 nitrogen and oxygen atoms in total. The van der Waals surface area contributed by atoms with Crippen LogP contribution in [0.4, 0.5) is 5.69 Å². The van der Waals surface area contributed by atoms with Crippen LogP contribution in [0.5, 0.6) is 0 Å². The first kappa shape index (κ1) is 15.7. The minimum Gasteiger partial charge on any atom is -0.320 e. The number of pyridine rings is 1. The average molecular weight is 369 g/mol. The Balaban J connectivity index is 2.33. The van der Waals surface area contributed by atoms with Crippen LogP contribution in [-0.4, -0.2) is 25.6 Å². The van der Waals surface area contributed by atoms with Gasteiger partial charge in [0.05, 0.1) is 4.90 Å². The second-order valence-corrected chi connectivity index (χ2v) is 7.38. The van der Waals surface area contributed by atoms with Gasteiger partial charge >= 0.3 is 0 Å². The number of sulfone groups is 1. The fourth-order valence-corrected chi connectivity index (χ4v) is 2.68. The van der Waals surface area contributed by atoms with E-state index in [4.69, 9.17) is 0 Å². The molecular formula is C14H13BrN2O3S. The molecule has 2 aromatic rings. The molecule has 21 heavy (non-hydrogen) atoms. The van der Waals surface area contributed by atoms with Crippen LogP contribution in [0.25, 0.3) is 0 Å². The van der Waals surface area contributed by atoms with Crippen LogP contribution in [0.2, 0.25) is 0 Å². The van der Waals surface area contributed by atoms with Gasteiger partial charge in [-0.1, -0.05) is 12.1 Å². The van der Waals surface area contributed by atoms with Gasteiger partial charge in [-0.05, 0) is 52.7 Å². The number of amides is 1. The fourth-order valence-electron chi connectivity index (χ4n) is 1.69. The molecule has 1 amide bonds. The van der Waals surface area contributed by atoms with Crippen molar-refractivity contribution in [1.29, 1.82) is 0 Å². The summed E-state index contributed by atoms with van der Waals surface area (Å²) >= 11 is 3.20.